The molecule has 0 amide bonds. The highest BCUT2D eigenvalue weighted by atomic mass is 35.5. The lowest BCUT2D eigenvalue weighted by molar-refractivity contribution is 0.450. The van der Waals surface area contributed by atoms with E-state index in [9.17, 15) is 10.2 Å². The van der Waals surface area contributed by atoms with E-state index in [-0.39, 0.29) is 16.3 Å². The Kier molecular flexibility index (Phi) is 4.57. The van der Waals surface area contributed by atoms with E-state index < -0.39 is 0 Å². The first kappa shape index (κ1) is 16.5. The van der Waals surface area contributed by atoms with Gasteiger partial charge in [-0.05, 0) is 42.5 Å². The predicted molar refractivity (Wildman–Crippen MR) is 95.6 cm³/mol. The molecule has 1 heterocycles. The highest BCUT2D eigenvalue weighted by Gasteiger charge is 2.10. The van der Waals surface area contributed by atoms with Gasteiger partial charge in [-0.3, -0.25) is 0 Å². The summed E-state index contributed by atoms with van der Waals surface area (Å²) in [4.78, 5) is 0. The quantitative estimate of drug-likeness (QED) is 0.469. The highest BCUT2D eigenvalue weighted by molar-refractivity contribution is 7.71. The van der Waals surface area contributed by atoms with E-state index in [1.165, 1.54) is 29.1 Å². The third-order valence-electron chi connectivity index (χ3n) is 3.10. The first-order chi connectivity index (χ1) is 11.4. The van der Waals surface area contributed by atoms with Crippen LogP contribution >= 0.6 is 35.4 Å². The smallest absolute Gasteiger partial charge is 0.216 e. The van der Waals surface area contributed by atoms with Crippen molar-refractivity contribution in [3.05, 3.63) is 56.8 Å². The minimum Gasteiger partial charge on any atom is -0.508 e. The van der Waals surface area contributed by atoms with Crippen LogP contribution in [0.3, 0.4) is 0 Å². The number of hydrogen-bond acceptors (Lipinski definition) is 5. The van der Waals surface area contributed by atoms with Crippen LogP contribution in [-0.4, -0.2) is 31.3 Å². The molecular formula is C15H10Cl2N4O2S. The van der Waals surface area contributed by atoms with Gasteiger partial charge in [0.05, 0.1) is 6.21 Å². The topological polar surface area (TPSA) is 86.4 Å². The minimum absolute atomic E-state index is 0.0427. The maximum atomic E-state index is 9.80. The molecule has 2 aromatic carbocycles. The fourth-order valence-electron chi connectivity index (χ4n) is 2.03. The fraction of sp³-hybridized carbons (Fsp3) is 0. The highest BCUT2D eigenvalue weighted by Crippen LogP contribution is 2.26. The average Bonchev–Trinajstić information content (AvgIpc) is 2.86. The van der Waals surface area contributed by atoms with E-state index in [4.69, 9.17) is 35.4 Å². The molecule has 0 saturated carbocycles. The molecule has 0 aliphatic rings. The molecule has 0 aliphatic heterocycles. The van der Waals surface area contributed by atoms with Gasteiger partial charge in [0, 0.05) is 27.2 Å². The van der Waals surface area contributed by atoms with Gasteiger partial charge in [0.1, 0.15) is 11.5 Å². The fourth-order valence-corrected chi connectivity index (χ4v) is 2.74. The van der Waals surface area contributed by atoms with E-state index in [0.29, 0.717) is 27.0 Å². The van der Waals surface area contributed by atoms with Gasteiger partial charge in [-0.25, -0.2) is 5.10 Å². The molecule has 0 fully saturated rings. The first-order valence-corrected chi connectivity index (χ1v) is 7.80. The zero-order valence-electron chi connectivity index (χ0n) is 11.9. The van der Waals surface area contributed by atoms with Crippen LogP contribution < -0.4 is 0 Å². The van der Waals surface area contributed by atoms with Crippen LogP contribution in [-0.2, 0) is 0 Å². The summed E-state index contributed by atoms with van der Waals surface area (Å²) < 4.78 is 1.64. The van der Waals surface area contributed by atoms with E-state index in [1.54, 1.807) is 18.2 Å². The van der Waals surface area contributed by atoms with E-state index in [1.807, 2.05) is 0 Å². The Labute approximate surface area is 151 Å². The van der Waals surface area contributed by atoms with Crippen molar-refractivity contribution < 1.29 is 10.2 Å². The number of phenolic OH excluding ortho intramolecular Hbond substituents is 2. The van der Waals surface area contributed by atoms with Crippen molar-refractivity contribution in [1.82, 2.24) is 14.9 Å². The number of aromatic hydroxyl groups is 2. The van der Waals surface area contributed by atoms with Crippen molar-refractivity contribution >= 4 is 41.6 Å². The summed E-state index contributed by atoms with van der Waals surface area (Å²) in [6, 6.07) is 9.15. The van der Waals surface area contributed by atoms with Crippen molar-refractivity contribution in [3.63, 3.8) is 0 Å². The maximum absolute atomic E-state index is 9.80. The second-order valence-corrected chi connectivity index (χ2v) is 6.07. The second-order valence-electron chi connectivity index (χ2n) is 4.81. The number of rotatable bonds is 3. The maximum Gasteiger partial charge on any atom is 0.216 e. The van der Waals surface area contributed by atoms with Crippen LogP contribution in [0, 0.1) is 4.77 Å². The number of halogens is 2. The Morgan fingerprint density at radius 1 is 1.12 bits per heavy atom. The number of nitrogens with zero attached hydrogens (tertiary/aromatic N) is 3. The Bertz CT molecular complexity index is 977. The van der Waals surface area contributed by atoms with Gasteiger partial charge in [-0.1, -0.05) is 23.2 Å². The first-order valence-electron chi connectivity index (χ1n) is 6.64. The number of aromatic amines is 1. The monoisotopic (exact) mass is 380 g/mol. The van der Waals surface area contributed by atoms with Crippen molar-refractivity contribution in [2.45, 2.75) is 0 Å². The second kappa shape index (κ2) is 6.64. The van der Waals surface area contributed by atoms with Crippen LogP contribution in [0.15, 0.2) is 41.5 Å². The summed E-state index contributed by atoms with van der Waals surface area (Å²) in [5.74, 6) is 0.263. The molecule has 0 bridgehead atoms. The molecule has 122 valence electrons. The lowest BCUT2D eigenvalue weighted by Crippen LogP contribution is -1.95. The molecule has 1 aromatic heterocycles. The Morgan fingerprint density at radius 3 is 2.50 bits per heavy atom. The molecule has 0 aliphatic carbocycles. The molecule has 0 saturated heterocycles. The zero-order valence-corrected chi connectivity index (χ0v) is 14.3. The predicted octanol–water partition coefficient (Wildman–Crippen LogP) is 4.21. The molecule has 0 radical (unpaired) electrons. The third-order valence-corrected chi connectivity index (χ3v) is 3.80. The molecular weight excluding hydrogens is 371 g/mol. The zero-order chi connectivity index (χ0) is 17.3. The van der Waals surface area contributed by atoms with Crippen molar-refractivity contribution in [2.75, 3.05) is 0 Å². The summed E-state index contributed by atoms with van der Waals surface area (Å²) in [6.45, 7) is 0. The van der Waals surface area contributed by atoms with Gasteiger partial charge < -0.3 is 10.2 Å². The lowest BCUT2D eigenvalue weighted by Gasteiger charge is -2.03. The number of hydrogen-bond donors (Lipinski definition) is 3. The number of nitrogens with one attached hydrogen (secondary N) is 1. The number of phenols is 2. The van der Waals surface area contributed by atoms with Crippen LogP contribution in [0.1, 0.15) is 5.56 Å². The van der Waals surface area contributed by atoms with Gasteiger partial charge >= 0.3 is 0 Å². The summed E-state index contributed by atoms with van der Waals surface area (Å²) >= 11 is 17.2. The molecule has 9 heteroatoms. The van der Waals surface area contributed by atoms with Crippen LogP contribution in [0.5, 0.6) is 11.5 Å². The van der Waals surface area contributed by atoms with Crippen molar-refractivity contribution in [1.29, 1.82) is 0 Å². The Morgan fingerprint density at radius 2 is 1.83 bits per heavy atom. The molecule has 3 N–H and O–H groups in total. The Hall–Kier alpha value is -2.35. The van der Waals surface area contributed by atoms with Crippen molar-refractivity contribution in [2.24, 2.45) is 5.10 Å². The summed E-state index contributed by atoms with van der Waals surface area (Å²) in [7, 11) is 0. The van der Waals surface area contributed by atoms with Gasteiger partial charge in [0.25, 0.3) is 0 Å². The lowest BCUT2D eigenvalue weighted by atomic mass is 10.2. The summed E-state index contributed by atoms with van der Waals surface area (Å²) in [5, 5.41) is 31.0. The molecule has 3 rings (SSSR count). The minimum atomic E-state index is -0.110. The van der Waals surface area contributed by atoms with E-state index >= 15 is 0 Å². The van der Waals surface area contributed by atoms with Crippen LogP contribution in [0.2, 0.25) is 10.0 Å². The standard InChI is InChI=1S/C15H10Cl2N4O2S/c16-10-3-9(4-11(17)5-10)14-19-20-15(24)21(14)18-7-8-1-2-12(22)6-13(8)23/h1-7,22-23H,(H,20,24)/b18-7+. The van der Waals surface area contributed by atoms with Gasteiger partial charge in [-0.2, -0.15) is 14.9 Å². The number of aromatic nitrogens is 3. The van der Waals surface area contributed by atoms with Crippen LogP contribution in [0.4, 0.5) is 0 Å². The van der Waals surface area contributed by atoms with E-state index in [2.05, 4.69) is 15.3 Å². The van der Waals surface area contributed by atoms with Gasteiger partial charge in [0.2, 0.25) is 4.77 Å². The number of H-pyrrole nitrogens is 1. The molecule has 0 spiro atoms. The summed E-state index contributed by atoms with van der Waals surface area (Å²) in [6.07, 6.45) is 1.40. The van der Waals surface area contributed by atoms with E-state index in [0.717, 1.165) is 0 Å². The largest absolute Gasteiger partial charge is 0.508 e. The third kappa shape index (κ3) is 3.43. The molecule has 6 nitrogen and oxygen atoms in total. The number of benzene rings is 2. The van der Waals surface area contributed by atoms with Crippen molar-refractivity contribution in [3.8, 4) is 22.9 Å². The summed E-state index contributed by atoms with van der Waals surface area (Å²) in [5.41, 5.74) is 1.04. The Balaban J connectivity index is 2.04. The SMILES string of the molecule is Oc1ccc(/C=N/n2c(-c3cc(Cl)cc(Cl)c3)n[nH]c2=S)c(O)c1. The molecule has 0 atom stereocenters. The molecule has 24 heavy (non-hydrogen) atoms. The average molecular weight is 381 g/mol. The molecule has 0 unspecified atom stereocenters. The van der Waals surface area contributed by atoms with Crippen LogP contribution in [0.25, 0.3) is 11.4 Å². The molecule has 3 aromatic rings. The normalized spacial score (nSPS) is 11.2. The van der Waals surface area contributed by atoms with Gasteiger partial charge in [-0.15, -0.1) is 0 Å². The van der Waals surface area contributed by atoms with Gasteiger partial charge in [0.15, 0.2) is 5.82 Å².